The fraction of sp³-hybridized carbons (Fsp3) is 0.857. The lowest BCUT2D eigenvalue weighted by atomic mass is 9.88. The zero-order chi connectivity index (χ0) is 14.0. The van der Waals surface area contributed by atoms with E-state index in [1.807, 2.05) is 18.7 Å². The second-order valence-electron chi connectivity index (χ2n) is 6.01. The van der Waals surface area contributed by atoms with Gasteiger partial charge in [0.05, 0.1) is 5.92 Å². The third-order valence-corrected chi connectivity index (χ3v) is 4.31. The van der Waals surface area contributed by atoms with E-state index in [0.29, 0.717) is 25.0 Å². The molecule has 2 fully saturated rings. The molecule has 0 saturated carbocycles. The first-order valence-electron chi connectivity index (χ1n) is 7.27. The molecular weight excluding hydrogens is 244 g/mol. The van der Waals surface area contributed by atoms with Crippen LogP contribution in [0.3, 0.4) is 0 Å². The van der Waals surface area contributed by atoms with Crippen molar-refractivity contribution in [2.24, 2.45) is 5.92 Å². The van der Waals surface area contributed by atoms with Crippen LogP contribution in [0, 0.1) is 5.92 Å². The van der Waals surface area contributed by atoms with Crippen molar-refractivity contribution in [1.29, 1.82) is 0 Å². The molecule has 0 aromatic carbocycles. The molecule has 2 bridgehead atoms. The third kappa shape index (κ3) is 3.26. The van der Waals surface area contributed by atoms with Gasteiger partial charge in [-0.25, -0.2) is 0 Å². The predicted molar refractivity (Wildman–Crippen MR) is 71.8 cm³/mol. The maximum atomic E-state index is 12.6. The molecule has 2 saturated heterocycles. The number of carbonyl (C=O) groups is 2. The minimum absolute atomic E-state index is 0.103. The Hall–Kier alpha value is -1.10. The van der Waals surface area contributed by atoms with Crippen LogP contribution in [0.15, 0.2) is 0 Å². The lowest BCUT2D eigenvalue weighted by molar-refractivity contribution is -0.140. The molecule has 2 N–H and O–H groups in total. The summed E-state index contributed by atoms with van der Waals surface area (Å²) in [7, 11) is 0. The summed E-state index contributed by atoms with van der Waals surface area (Å²) in [6, 6.07) is 1.01. The molecule has 0 aromatic rings. The predicted octanol–water partition coefficient (Wildman–Crippen LogP) is 1.23. The number of amides is 1. The molecule has 2 heterocycles. The van der Waals surface area contributed by atoms with Gasteiger partial charge in [-0.05, 0) is 39.5 Å². The van der Waals surface area contributed by atoms with Crippen LogP contribution in [0.4, 0.5) is 0 Å². The van der Waals surface area contributed by atoms with E-state index in [0.717, 1.165) is 12.8 Å². The molecule has 19 heavy (non-hydrogen) atoms. The van der Waals surface area contributed by atoms with E-state index in [4.69, 9.17) is 5.11 Å². The zero-order valence-corrected chi connectivity index (χ0v) is 11.8. The summed E-state index contributed by atoms with van der Waals surface area (Å²) in [5.74, 6) is -0.483. The van der Waals surface area contributed by atoms with Crippen molar-refractivity contribution in [3.63, 3.8) is 0 Å². The van der Waals surface area contributed by atoms with Gasteiger partial charge in [0, 0.05) is 31.1 Å². The van der Waals surface area contributed by atoms with Crippen molar-refractivity contribution in [2.75, 3.05) is 6.54 Å². The number of aliphatic carboxylic acids is 1. The number of hydrogen-bond donors (Lipinski definition) is 2. The molecule has 0 spiro atoms. The molecule has 2 rings (SSSR count). The van der Waals surface area contributed by atoms with Crippen LogP contribution < -0.4 is 5.32 Å². The monoisotopic (exact) mass is 268 g/mol. The van der Waals surface area contributed by atoms with E-state index in [9.17, 15) is 9.59 Å². The summed E-state index contributed by atoms with van der Waals surface area (Å²) in [5, 5.41) is 12.2. The standard InChI is InChI=1S/C14H24N2O3/c1-9(2)16(7-3-4-13(17)18)14(19)11-8-10-5-6-12(11)15-10/h9-12,15H,3-8H2,1-2H3,(H,17,18). The van der Waals surface area contributed by atoms with Gasteiger partial charge in [-0.3, -0.25) is 9.59 Å². The maximum absolute atomic E-state index is 12.6. The van der Waals surface area contributed by atoms with E-state index in [1.165, 1.54) is 6.42 Å². The number of nitrogens with zero attached hydrogens (tertiary/aromatic N) is 1. The third-order valence-electron chi connectivity index (χ3n) is 4.31. The topological polar surface area (TPSA) is 69.6 Å². The summed E-state index contributed by atoms with van der Waals surface area (Å²) in [4.78, 5) is 25.0. The molecule has 5 nitrogen and oxygen atoms in total. The highest BCUT2D eigenvalue weighted by Crippen LogP contribution is 2.34. The normalized spacial score (nSPS) is 28.9. The highest BCUT2D eigenvalue weighted by atomic mass is 16.4. The maximum Gasteiger partial charge on any atom is 0.303 e. The van der Waals surface area contributed by atoms with Crippen molar-refractivity contribution < 1.29 is 14.7 Å². The van der Waals surface area contributed by atoms with Gasteiger partial charge in [0.15, 0.2) is 0 Å². The van der Waals surface area contributed by atoms with Crippen LogP contribution in [0.2, 0.25) is 0 Å². The molecule has 0 aliphatic carbocycles. The van der Waals surface area contributed by atoms with Gasteiger partial charge in [0.25, 0.3) is 0 Å². The lowest BCUT2D eigenvalue weighted by Gasteiger charge is -2.31. The van der Waals surface area contributed by atoms with E-state index in [-0.39, 0.29) is 24.3 Å². The molecule has 3 atom stereocenters. The summed E-state index contributed by atoms with van der Waals surface area (Å²) < 4.78 is 0. The van der Waals surface area contributed by atoms with Crippen molar-refractivity contribution in [3.8, 4) is 0 Å². The number of hydrogen-bond acceptors (Lipinski definition) is 3. The summed E-state index contributed by atoms with van der Waals surface area (Å²) >= 11 is 0. The van der Waals surface area contributed by atoms with Gasteiger partial charge >= 0.3 is 5.97 Å². The summed E-state index contributed by atoms with van der Waals surface area (Å²) in [6.07, 6.45) is 3.90. The van der Waals surface area contributed by atoms with Gasteiger partial charge in [0.2, 0.25) is 5.91 Å². The van der Waals surface area contributed by atoms with Crippen LogP contribution in [0.25, 0.3) is 0 Å². The molecule has 108 valence electrons. The Bertz CT molecular complexity index is 357. The molecule has 5 heteroatoms. The Labute approximate surface area is 114 Å². The highest BCUT2D eigenvalue weighted by Gasteiger charge is 2.44. The van der Waals surface area contributed by atoms with Crippen LogP contribution in [-0.2, 0) is 9.59 Å². The van der Waals surface area contributed by atoms with Gasteiger partial charge in [-0.15, -0.1) is 0 Å². The SMILES string of the molecule is CC(C)N(CCCC(=O)O)C(=O)C1CC2CCC1N2. The van der Waals surface area contributed by atoms with E-state index < -0.39 is 5.97 Å². The van der Waals surface area contributed by atoms with E-state index in [2.05, 4.69) is 5.32 Å². The quantitative estimate of drug-likeness (QED) is 0.760. The van der Waals surface area contributed by atoms with Gasteiger partial charge in [-0.2, -0.15) is 0 Å². The number of fused-ring (bicyclic) bond motifs is 2. The first-order chi connectivity index (χ1) is 8.99. The van der Waals surface area contributed by atoms with Crippen LogP contribution in [0.1, 0.15) is 46.0 Å². The Morgan fingerprint density at radius 3 is 2.58 bits per heavy atom. The summed E-state index contributed by atoms with van der Waals surface area (Å²) in [5.41, 5.74) is 0. The smallest absolute Gasteiger partial charge is 0.303 e. The Kier molecular flexibility index (Phi) is 4.45. The average Bonchev–Trinajstić information content (AvgIpc) is 2.95. The van der Waals surface area contributed by atoms with Crippen LogP contribution in [0.5, 0.6) is 0 Å². The minimum Gasteiger partial charge on any atom is -0.481 e. The van der Waals surface area contributed by atoms with E-state index >= 15 is 0 Å². The van der Waals surface area contributed by atoms with Gasteiger partial charge < -0.3 is 15.3 Å². The lowest BCUT2D eigenvalue weighted by Crippen LogP contribution is -2.45. The molecule has 2 aliphatic heterocycles. The number of carboxylic acid groups (broad SMARTS) is 1. The fourth-order valence-electron chi connectivity index (χ4n) is 3.33. The molecular formula is C14H24N2O3. The average molecular weight is 268 g/mol. The Morgan fingerprint density at radius 1 is 1.37 bits per heavy atom. The minimum atomic E-state index is -0.794. The van der Waals surface area contributed by atoms with Gasteiger partial charge in [-0.1, -0.05) is 0 Å². The van der Waals surface area contributed by atoms with Crippen LogP contribution in [-0.4, -0.2) is 46.6 Å². The molecule has 2 aliphatic rings. The van der Waals surface area contributed by atoms with E-state index in [1.54, 1.807) is 0 Å². The van der Waals surface area contributed by atoms with Crippen molar-refractivity contribution in [3.05, 3.63) is 0 Å². The number of rotatable bonds is 6. The largest absolute Gasteiger partial charge is 0.481 e. The summed E-state index contributed by atoms with van der Waals surface area (Å²) in [6.45, 7) is 4.55. The van der Waals surface area contributed by atoms with Crippen molar-refractivity contribution >= 4 is 11.9 Å². The number of carbonyl (C=O) groups excluding carboxylic acids is 1. The van der Waals surface area contributed by atoms with Crippen molar-refractivity contribution in [1.82, 2.24) is 10.2 Å². The molecule has 3 unspecified atom stereocenters. The highest BCUT2D eigenvalue weighted by molar-refractivity contribution is 5.80. The number of nitrogens with one attached hydrogen (secondary N) is 1. The molecule has 1 amide bonds. The molecule has 0 aromatic heterocycles. The first-order valence-corrected chi connectivity index (χ1v) is 7.27. The second kappa shape index (κ2) is 5.90. The van der Waals surface area contributed by atoms with Gasteiger partial charge in [0.1, 0.15) is 0 Å². The first kappa shape index (κ1) is 14.3. The Morgan fingerprint density at radius 2 is 2.11 bits per heavy atom. The zero-order valence-electron chi connectivity index (χ0n) is 11.8. The second-order valence-corrected chi connectivity index (χ2v) is 6.01. The fourth-order valence-corrected chi connectivity index (χ4v) is 3.33. The Balaban J connectivity index is 1.91. The van der Waals surface area contributed by atoms with Crippen molar-refractivity contribution in [2.45, 2.75) is 64.1 Å². The van der Waals surface area contributed by atoms with Crippen LogP contribution >= 0.6 is 0 Å². The number of carboxylic acids is 1. The molecule has 0 radical (unpaired) electrons.